The lowest BCUT2D eigenvalue weighted by molar-refractivity contribution is -0.668. The van der Waals surface area contributed by atoms with E-state index in [0.29, 0.717) is 0 Å². The predicted molar refractivity (Wildman–Crippen MR) is 105 cm³/mol. The Morgan fingerprint density at radius 1 is 1.00 bits per heavy atom. The van der Waals surface area contributed by atoms with Gasteiger partial charge in [0.05, 0.1) is 0 Å². The van der Waals surface area contributed by atoms with Crippen LogP contribution >= 0.6 is 11.3 Å². The number of nitrogens with zero attached hydrogens (tertiary/aromatic N) is 2. The summed E-state index contributed by atoms with van der Waals surface area (Å²) in [6, 6.07) is 17.6. The fourth-order valence-corrected chi connectivity index (χ4v) is 4.62. The smallest absolute Gasteiger partial charge is 0.265 e. The molecule has 3 aromatic rings. The van der Waals surface area contributed by atoms with E-state index in [4.69, 9.17) is 0 Å². The summed E-state index contributed by atoms with van der Waals surface area (Å²) in [5, 5.41) is 1.44. The number of hydrogen-bond acceptors (Lipinski definition) is 2. The summed E-state index contributed by atoms with van der Waals surface area (Å²) in [5.74, 6) is 0. The van der Waals surface area contributed by atoms with E-state index in [-0.39, 0.29) is 0 Å². The number of aryl methyl sites for hydroxylation is 1. The highest BCUT2D eigenvalue weighted by molar-refractivity contribution is 7.19. The Bertz CT molecular complexity index is 888. The Kier molecular flexibility index (Phi) is 4.11. The molecule has 4 rings (SSSR count). The molecule has 1 aliphatic heterocycles. The van der Waals surface area contributed by atoms with Gasteiger partial charge in [-0.15, -0.1) is 0 Å². The Morgan fingerprint density at radius 2 is 1.79 bits per heavy atom. The third-order valence-corrected chi connectivity index (χ3v) is 5.95. The number of anilines is 1. The van der Waals surface area contributed by atoms with Crippen LogP contribution in [0.4, 0.5) is 5.69 Å². The van der Waals surface area contributed by atoms with Gasteiger partial charge in [-0.25, -0.2) is 0 Å². The van der Waals surface area contributed by atoms with Gasteiger partial charge in [0, 0.05) is 37.8 Å². The van der Waals surface area contributed by atoms with Crippen molar-refractivity contribution < 1.29 is 4.57 Å². The monoisotopic (exact) mass is 335 g/mol. The van der Waals surface area contributed by atoms with E-state index in [1.165, 1.54) is 51.3 Å². The molecule has 1 aromatic heterocycles. The second kappa shape index (κ2) is 6.40. The van der Waals surface area contributed by atoms with Crippen molar-refractivity contribution in [3.8, 4) is 0 Å². The third kappa shape index (κ3) is 2.84. The van der Waals surface area contributed by atoms with Crippen molar-refractivity contribution in [1.82, 2.24) is 0 Å². The van der Waals surface area contributed by atoms with Crippen LogP contribution in [0.2, 0.25) is 0 Å². The van der Waals surface area contributed by atoms with Crippen LogP contribution in [0.1, 0.15) is 29.8 Å². The zero-order chi connectivity index (χ0) is 16.5. The summed E-state index contributed by atoms with van der Waals surface area (Å²) >= 11 is 1.93. The van der Waals surface area contributed by atoms with Gasteiger partial charge in [-0.3, -0.25) is 0 Å². The van der Waals surface area contributed by atoms with Crippen molar-refractivity contribution in [1.29, 1.82) is 0 Å². The molecule has 0 N–H and O–H groups in total. The zero-order valence-corrected chi connectivity index (χ0v) is 15.1. The van der Waals surface area contributed by atoms with E-state index in [0.717, 1.165) is 6.54 Å². The highest BCUT2D eigenvalue weighted by Crippen LogP contribution is 2.32. The standard InChI is InChI=1S/C21H23N2S/c1-22(2)18-12-10-16(11-13-18)15-17-7-5-6-14-23-19-8-3-4-9-20(19)24-21(17)23/h3-4,8-13,15H,5-7,14H2,1-2H3/q+1. The molecular formula is C21H23N2S+. The van der Waals surface area contributed by atoms with Gasteiger partial charge < -0.3 is 4.90 Å². The molecule has 0 bridgehead atoms. The number of rotatable bonds is 2. The van der Waals surface area contributed by atoms with Crippen LogP contribution < -0.4 is 9.47 Å². The average Bonchev–Trinajstić information content (AvgIpc) is 2.85. The number of allylic oxidation sites excluding steroid dienone is 1. The molecule has 0 saturated heterocycles. The molecule has 24 heavy (non-hydrogen) atoms. The van der Waals surface area contributed by atoms with Crippen LogP contribution in [-0.2, 0) is 6.54 Å². The number of fused-ring (bicyclic) bond motifs is 3. The zero-order valence-electron chi connectivity index (χ0n) is 14.3. The first-order valence-corrected chi connectivity index (χ1v) is 9.44. The van der Waals surface area contributed by atoms with Gasteiger partial charge >= 0.3 is 0 Å². The SMILES string of the molecule is CN(C)c1ccc(/C=C2\CCCC[n+]3c2sc2ccccc23)cc1. The van der Waals surface area contributed by atoms with E-state index in [9.17, 15) is 0 Å². The molecule has 3 heteroatoms. The molecule has 2 nitrogen and oxygen atoms in total. The first-order chi connectivity index (χ1) is 11.7. The summed E-state index contributed by atoms with van der Waals surface area (Å²) in [6.45, 7) is 1.14. The van der Waals surface area contributed by atoms with Gasteiger partial charge in [0.2, 0.25) is 5.52 Å². The Hall–Kier alpha value is -2.13. The molecule has 0 aliphatic carbocycles. The Labute approximate surface area is 147 Å². The third-order valence-electron chi connectivity index (χ3n) is 4.71. The Morgan fingerprint density at radius 3 is 2.58 bits per heavy atom. The molecular weight excluding hydrogens is 312 g/mol. The summed E-state index contributed by atoms with van der Waals surface area (Å²) in [6.07, 6.45) is 6.08. The molecule has 0 amide bonds. The highest BCUT2D eigenvalue weighted by Gasteiger charge is 2.25. The van der Waals surface area contributed by atoms with Gasteiger partial charge in [0.1, 0.15) is 4.70 Å². The van der Waals surface area contributed by atoms with Gasteiger partial charge in [-0.1, -0.05) is 35.6 Å². The van der Waals surface area contributed by atoms with Gasteiger partial charge in [-0.05, 0) is 42.7 Å². The van der Waals surface area contributed by atoms with Crippen LogP contribution in [0.3, 0.4) is 0 Å². The van der Waals surface area contributed by atoms with Crippen molar-refractivity contribution in [3.63, 3.8) is 0 Å². The van der Waals surface area contributed by atoms with Crippen LogP contribution in [-0.4, -0.2) is 14.1 Å². The maximum atomic E-state index is 2.52. The van der Waals surface area contributed by atoms with Crippen molar-refractivity contribution in [2.45, 2.75) is 25.8 Å². The molecule has 0 atom stereocenters. The molecule has 0 fully saturated rings. The van der Waals surface area contributed by atoms with Gasteiger partial charge in [0.15, 0.2) is 6.54 Å². The maximum Gasteiger partial charge on any atom is 0.265 e. The van der Waals surface area contributed by atoms with E-state index in [1.807, 2.05) is 11.3 Å². The molecule has 2 aromatic carbocycles. The fourth-order valence-electron chi connectivity index (χ4n) is 3.39. The normalized spacial score (nSPS) is 16.2. The maximum absolute atomic E-state index is 2.52. The van der Waals surface area contributed by atoms with E-state index in [2.05, 4.69) is 78.2 Å². The number of benzene rings is 2. The summed E-state index contributed by atoms with van der Waals surface area (Å²) in [4.78, 5) is 2.14. The predicted octanol–water partition coefficient (Wildman–Crippen LogP) is 4.98. The molecule has 0 unspecified atom stereocenters. The molecule has 122 valence electrons. The Balaban J connectivity index is 1.78. The fraction of sp³-hybridized carbons (Fsp3) is 0.286. The minimum atomic E-state index is 1.14. The van der Waals surface area contributed by atoms with E-state index >= 15 is 0 Å². The van der Waals surface area contributed by atoms with E-state index < -0.39 is 0 Å². The lowest BCUT2D eigenvalue weighted by Crippen LogP contribution is -2.34. The van der Waals surface area contributed by atoms with Crippen molar-refractivity contribution >= 4 is 38.9 Å². The molecule has 2 heterocycles. The van der Waals surface area contributed by atoms with Crippen LogP contribution in [0.15, 0.2) is 48.5 Å². The second-order valence-corrected chi connectivity index (χ2v) is 7.67. The molecule has 0 radical (unpaired) electrons. The number of para-hydroxylation sites is 1. The summed E-state index contributed by atoms with van der Waals surface area (Å²) in [5.41, 5.74) is 5.40. The lowest BCUT2D eigenvalue weighted by atomic mass is 10.1. The van der Waals surface area contributed by atoms with Crippen molar-refractivity contribution in [2.75, 3.05) is 19.0 Å². The summed E-state index contributed by atoms with van der Waals surface area (Å²) < 4.78 is 3.91. The molecule has 0 saturated carbocycles. The quantitative estimate of drug-likeness (QED) is 0.599. The minimum absolute atomic E-state index is 1.14. The van der Waals surface area contributed by atoms with Gasteiger partial charge in [-0.2, -0.15) is 4.57 Å². The first-order valence-electron chi connectivity index (χ1n) is 8.62. The van der Waals surface area contributed by atoms with E-state index in [1.54, 1.807) is 0 Å². The minimum Gasteiger partial charge on any atom is -0.378 e. The topological polar surface area (TPSA) is 7.12 Å². The second-order valence-electron chi connectivity index (χ2n) is 6.64. The highest BCUT2D eigenvalue weighted by atomic mass is 32.1. The van der Waals surface area contributed by atoms with Crippen LogP contribution in [0, 0.1) is 0 Å². The van der Waals surface area contributed by atoms with Gasteiger partial charge in [0.25, 0.3) is 5.01 Å². The number of hydrogen-bond donors (Lipinski definition) is 0. The molecule has 0 spiro atoms. The largest absolute Gasteiger partial charge is 0.378 e. The number of aromatic nitrogens is 1. The summed E-state index contributed by atoms with van der Waals surface area (Å²) in [7, 11) is 4.16. The molecule has 1 aliphatic rings. The van der Waals surface area contributed by atoms with Crippen LogP contribution in [0.5, 0.6) is 0 Å². The average molecular weight is 335 g/mol. The van der Waals surface area contributed by atoms with Crippen LogP contribution in [0.25, 0.3) is 21.9 Å². The lowest BCUT2D eigenvalue weighted by Gasteiger charge is -2.12. The number of thiazole rings is 1. The van der Waals surface area contributed by atoms with Crippen molar-refractivity contribution in [2.24, 2.45) is 0 Å². The first kappa shape index (κ1) is 15.4. The van der Waals surface area contributed by atoms with Crippen molar-refractivity contribution in [3.05, 3.63) is 59.1 Å².